The fourth-order valence-electron chi connectivity index (χ4n) is 1.23. The van der Waals surface area contributed by atoms with Crippen molar-refractivity contribution in [1.82, 2.24) is 4.90 Å². The van der Waals surface area contributed by atoms with Gasteiger partial charge < -0.3 is 14.7 Å². The minimum atomic E-state index is -0.711. The summed E-state index contributed by atoms with van der Waals surface area (Å²) in [4.78, 5) is 12.4. The molecule has 0 aromatic heterocycles. The van der Waals surface area contributed by atoms with Crippen LogP contribution in [0.15, 0.2) is 0 Å². The van der Waals surface area contributed by atoms with Gasteiger partial charge in [-0.1, -0.05) is 0 Å². The summed E-state index contributed by atoms with van der Waals surface area (Å²) >= 11 is 0. The van der Waals surface area contributed by atoms with Crippen LogP contribution in [0, 0.1) is 0 Å². The first-order valence-electron chi connectivity index (χ1n) is 4.99. The fraction of sp³-hybridized carbons (Fsp3) is 0.900. The van der Waals surface area contributed by atoms with E-state index in [-0.39, 0.29) is 6.42 Å². The van der Waals surface area contributed by atoms with Gasteiger partial charge >= 0.3 is 5.97 Å². The highest BCUT2D eigenvalue weighted by atomic mass is 16.5. The molecule has 0 heterocycles. The van der Waals surface area contributed by atoms with E-state index in [0.29, 0.717) is 6.04 Å². The second-order valence-electron chi connectivity index (χ2n) is 3.64. The highest BCUT2D eigenvalue weighted by Gasteiger charge is 2.07. The van der Waals surface area contributed by atoms with E-state index in [1.54, 1.807) is 7.11 Å². The van der Waals surface area contributed by atoms with Gasteiger partial charge in [-0.2, -0.15) is 0 Å². The Morgan fingerprint density at radius 2 is 2.14 bits per heavy atom. The van der Waals surface area contributed by atoms with Crippen LogP contribution in [0.25, 0.3) is 0 Å². The molecule has 0 amide bonds. The maximum atomic E-state index is 10.2. The van der Waals surface area contributed by atoms with Gasteiger partial charge in [-0.25, -0.2) is 0 Å². The summed E-state index contributed by atoms with van der Waals surface area (Å²) in [5, 5.41) is 8.44. The highest BCUT2D eigenvalue weighted by Crippen LogP contribution is 2.01. The number of aliphatic carboxylic acids is 1. The second kappa shape index (κ2) is 7.76. The average Bonchev–Trinajstić information content (AvgIpc) is 2.12. The summed E-state index contributed by atoms with van der Waals surface area (Å²) in [5.41, 5.74) is 0. The maximum Gasteiger partial charge on any atom is 0.303 e. The van der Waals surface area contributed by atoms with Crippen LogP contribution in [0.4, 0.5) is 0 Å². The number of rotatable bonds is 8. The van der Waals surface area contributed by atoms with Gasteiger partial charge in [0, 0.05) is 19.6 Å². The third-order valence-electron chi connectivity index (χ3n) is 2.31. The summed E-state index contributed by atoms with van der Waals surface area (Å²) in [7, 11) is 3.72. The van der Waals surface area contributed by atoms with Gasteiger partial charge in [0.2, 0.25) is 0 Å². The molecule has 0 bridgehead atoms. The molecule has 0 rings (SSSR count). The number of carbonyl (C=O) groups is 1. The zero-order valence-electron chi connectivity index (χ0n) is 9.32. The van der Waals surface area contributed by atoms with Gasteiger partial charge in [0.05, 0.1) is 6.61 Å². The number of hydrogen-bond acceptors (Lipinski definition) is 3. The molecule has 1 N–H and O–H groups in total. The summed E-state index contributed by atoms with van der Waals surface area (Å²) in [6.45, 7) is 3.74. The van der Waals surface area contributed by atoms with Gasteiger partial charge in [-0.05, 0) is 33.4 Å². The molecule has 1 atom stereocenters. The minimum absolute atomic E-state index is 0.270. The Bertz CT molecular complexity index is 161. The summed E-state index contributed by atoms with van der Waals surface area (Å²) in [6.07, 6.45) is 1.95. The molecular weight excluding hydrogens is 182 g/mol. The molecule has 4 heteroatoms. The van der Waals surface area contributed by atoms with Crippen molar-refractivity contribution in [3.63, 3.8) is 0 Å². The van der Waals surface area contributed by atoms with Crippen LogP contribution >= 0.6 is 0 Å². The Morgan fingerprint density at radius 1 is 1.50 bits per heavy atom. The first-order valence-corrected chi connectivity index (χ1v) is 4.99. The second-order valence-corrected chi connectivity index (χ2v) is 3.64. The van der Waals surface area contributed by atoms with E-state index >= 15 is 0 Å². The standard InChI is InChI=1S/C10H21NO3/c1-9(8-14-3)11(2)7-5-4-6-10(12)13/h9H,4-8H2,1-3H3,(H,12,13). The van der Waals surface area contributed by atoms with Crippen LogP contribution < -0.4 is 0 Å². The number of hydrogen-bond donors (Lipinski definition) is 1. The number of carboxylic acids is 1. The molecule has 14 heavy (non-hydrogen) atoms. The van der Waals surface area contributed by atoms with Gasteiger partial charge in [0.25, 0.3) is 0 Å². The molecule has 0 fully saturated rings. The molecule has 0 aliphatic carbocycles. The van der Waals surface area contributed by atoms with Crippen LogP contribution in [0.3, 0.4) is 0 Å². The summed E-state index contributed by atoms with van der Waals surface area (Å²) in [5.74, 6) is -0.711. The maximum absolute atomic E-state index is 10.2. The zero-order chi connectivity index (χ0) is 11.0. The first kappa shape index (κ1) is 13.4. The normalized spacial score (nSPS) is 13.1. The number of carboxylic acid groups (broad SMARTS) is 1. The molecule has 0 spiro atoms. The van der Waals surface area contributed by atoms with E-state index in [4.69, 9.17) is 9.84 Å². The molecule has 0 aromatic carbocycles. The van der Waals surface area contributed by atoms with Crippen LogP contribution in [0.5, 0.6) is 0 Å². The third kappa shape index (κ3) is 6.86. The van der Waals surface area contributed by atoms with E-state index < -0.39 is 5.97 Å². The summed E-state index contributed by atoms with van der Waals surface area (Å²) < 4.78 is 5.03. The van der Waals surface area contributed by atoms with E-state index in [9.17, 15) is 4.79 Å². The van der Waals surface area contributed by atoms with Crippen molar-refractivity contribution in [2.45, 2.75) is 32.2 Å². The van der Waals surface area contributed by atoms with Crippen molar-refractivity contribution in [3.05, 3.63) is 0 Å². The smallest absolute Gasteiger partial charge is 0.303 e. The molecule has 0 aliphatic rings. The molecule has 0 saturated carbocycles. The van der Waals surface area contributed by atoms with Crippen LogP contribution in [0.2, 0.25) is 0 Å². The Kier molecular flexibility index (Phi) is 7.42. The lowest BCUT2D eigenvalue weighted by molar-refractivity contribution is -0.137. The quantitative estimate of drug-likeness (QED) is 0.602. The largest absolute Gasteiger partial charge is 0.481 e. The van der Waals surface area contributed by atoms with Gasteiger partial charge in [-0.3, -0.25) is 4.79 Å². The number of methoxy groups -OCH3 is 1. The topological polar surface area (TPSA) is 49.8 Å². The first-order chi connectivity index (χ1) is 6.57. The molecule has 4 nitrogen and oxygen atoms in total. The van der Waals surface area contributed by atoms with E-state index in [2.05, 4.69) is 11.8 Å². The molecule has 84 valence electrons. The van der Waals surface area contributed by atoms with Crippen molar-refractivity contribution in [2.24, 2.45) is 0 Å². The van der Waals surface area contributed by atoms with Gasteiger partial charge in [0.15, 0.2) is 0 Å². The van der Waals surface area contributed by atoms with E-state index in [0.717, 1.165) is 26.0 Å². The van der Waals surface area contributed by atoms with Crippen LogP contribution in [-0.2, 0) is 9.53 Å². The highest BCUT2D eigenvalue weighted by molar-refractivity contribution is 5.66. The average molecular weight is 203 g/mol. The predicted molar refractivity (Wildman–Crippen MR) is 55.5 cm³/mol. The van der Waals surface area contributed by atoms with E-state index in [1.807, 2.05) is 7.05 Å². The Balaban J connectivity index is 3.43. The Morgan fingerprint density at radius 3 is 2.64 bits per heavy atom. The summed E-state index contributed by atoms with van der Waals surface area (Å²) in [6, 6.07) is 0.393. The van der Waals surface area contributed by atoms with Crippen LogP contribution in [0.1, 0.15) is 26.2 Å². The Labute approximate surface area is 85.9 Å². The van der Waals surface area contributed by atoms with Crippen molar-refractivity contribution in [2.75, 3.05) is 27.3 Å². The van der Waals surface area contributed by atoms with Gasteiger partial charge in [-0.15, -0.1) is 0 Å². The van der Waals surface area contributed by atoms with Crippen molar-refractivity contribution in [3.8, 4) is 0 Å². The predicted octanol–water partition coefficient (Wildman–Crippen LogP) is 1.21. The Hall–Kier alpha value is -0.610. The zero-order valence-corrected chi connectivity index (χ0v) is 9.32. The number of nitrogens with zero attached hydrogens (tertiary/aromatic N) is 1. The lowest BCUT2D eigenvalue weighted by Crippen LogP contribution is -2.33. The van der Waals surface area contributed by atoms with Crippen molar-refractivity contribution in [1.29, 1.82) is 0 Å². The molecule has 0 saturated heterocycles. The molecular formula is C10H21NO3. The fourth-order valence-corrected chi connectivity index (χ4v) is 1.23. The molecule has 0 radical (unpaired) electrons. The number of likely N-dealkylation sites (N-methyl/N-ethyl adjacent to an activating group) is 1. The lowest BCUT2D eigenvalue weighted by atomic mass is 10.2. The van der Waals surface area contributed by atoms with Gasteiger partial charge in [0.1, 0.15) is 0 Å². The minimum Gasteiger partial charge on any atom is -0.481 e. The number of ether oxygens (including phenoxy) is 1. The molecule has 1 unspecified atom stereocenters. The molecule has 0 aromatic rings. The molecule has 0 aliphatic heterocycles. The van der Waals surface area contributed by atoms with Crippen molar-refractivity contribution >= 4 is 5.97 Å². The van der Waals surface area contributed by atoms with E-state index in [1.165, 1.54) is 0 Å². The van der Waals surface area contributed by atoms with Crippen LogP contribution in [-0.4, -0.2) is 49.3 Å². The van der Waals surface area contributed by atoms with Crippen molar-refractivity contribution < 1.29 is 14.6 Å². The SMILES string of the molecule is COCC(C)N(C)CCCCC(=O)O. The number of unbranched alkanes of at least 4 members (excludes halogenated alkanes) is 1. The third-order valence-corrected chi connectivity index (χ3v) is 2.31. The lowest BCUT2D eigenvalue weighted by Gasteiger charge is -2.23. The monoisotopic (exact) mass is 203 g/mol.